The van der Waals surface area contributed by atoms with Gasteiger partial charge in [0.1, 0.15) is 37.1 Å². The smallest absolute Gasteiger partial charge is 0.303 e. The lowest BCUT2D eigenvalue weighted by Crippen LogP contribution is -2.68. The van der Waals surface area contributed by atoms with E-state index in [1.165, 1.54) is 6.92 Å². The van der Waals surface area contributed by atoms with Gasteiger partial charge >= 0.3 is 23.9 Å². The summed E-state index contributed by atoms with van der Waals surface area (Å²) >= 11 is 0. The Labute approximate surface area is 259 Å². The van der Waals surface area contributed by atoms with E-state index in [2.05, 4.69) is 5.32 Å². The number of amides is 1. The molecule has 2 heterocycles. The van der Waals surface area contributed by atoms with Crippen molar-refractivity contribution in [2.45, 2.75) is 103 Å². The predicted molar refractivity (Wildman–Crippen MR) is 147 cm³/mol. The number of benzene rings is 1. The van der Waals surface area contributed by atoms with E-state index in [0.29, 0.717) is 0 Å². The molecule has 2 aliphatic rings. The summed E-state index contributed by atoms with van der Waals surface area (Å²) < 4.78 is 45.2. The molecular formula is C29H39NO15. The third-order valence-electron chi connectivity index (χ3n) is 6.72. The van der Waals surface area contributed by atoms with Crippen LogP contribution in [0.3, 0.4) is 0 Å². The zero-order chi connectivity index (χ0) is 33.3. The number of rotatable bonds is 12. The molecule has 1 aromatic rings. The first kappa shape index (κ1) is 35.8. The number of hydrogen-bond acceptors (Lipinski definition) is 15. The number of carbonyl (C=O) groups is 5. The van der Waals surface area contributed by atoms with E-state index in [9.17, 15) is 34.2 Å². The van der Waals surface area contributed by atoms with Gasteiger partial charge in [-0.05, 0) is 5.56 Å². The summed E-state index contributed by atoms with van der Waals surface area (Å²) in [6.07, 6.45) is -13.2. The van der Waals surface area contributed by atoms with Crippen molar-refractivity contribution in [1.82, 2.24) is 5.32 Å². The Morgan fingerprint density at radius 1 is 0.756 bits per heavy atom. The van der Waals surface area contributed by atoms with Crippen LogP contribution in [0.2, 0.25) is 0 Å². The maximum Gasteiger partial charge on any atom is 0.303 e. The topological polar surface area (TPSA) is 212 Å². The molecule has 0 aromatic heterocycles. The van der Waals surface area contributed by atoms with Gasteiger partial charge in [0.2, 0.25) is 5.91 Å². The number of ether oxygens (including phenoxy) is 8. The van der Waals surface area contributed by atoms with Gasteiger partial charge in [0, 0.05) is 34.6 Å². The molecule has 0 unspecified atom stereocenters. The van der Waals surface area contributed by atoms with Crippen molar-refractivity contribution in [1.29, 1.82) is 0 Å². The second-order valence-corrected chi connectivity index (χ2v) is 10.4. The second kappa shape index (κ2) is 16.6. The third kappa shape index (κ3) is 10.2. The van der Waals surface area contributed by atoms with Crippen LogP contribution >= 0.6 is 0 Å². The van der Waals surface area contributed by atoms with Gasteiger partial charge in [-0.15, -0.1) is 0 Å². The first-order valence-corrected chi connectivity index (χ1v) is 14.1. The minimum atomic E-state index is -1.69. The molecule has 16 heteroatoms. The number of nitrogens with one attached hydrogen (secondary N) is 1. The largest absolute Gasteiger partial charge is 0.463 e. The molecule has 16 nitrogen and oxygen atoms in total. The van der Waals surface area contributed by atoms with Gasteiger partial charge in [0.25, 0.3) is 0 Å². The molecule has 3 N–H and O–H groups in total. The molecule has 2 aliphatic heterocycles. The van der Waals surface area contributed by atoms with E-state index in [-0.39, 0.29) is 6.61 Å². The molecule has 2 fully saturated rings. The molecule has 1 aromatic carbocycles. The molecule has 45 heavy (non-hydrogen) atoms. The van der Waals surface area contributed by atoms with Crippen LogP contribution in [0.15, 0.2) is 30.3 Å². The van der Waals surface area contributed by atoms with Gasteiger partial charge in [-0.1, -0.05) is 30.3 Å². The van der Waals surface area contributed by atoms with E-state index in [4.69, 9.17) is 37.9 Å². The van der Waals surface area contributed by atoms with Gasteiger partial charge in [0.05, 0.1) is 13.2 Å². The highest BCUT2D eigenvalue weighted by molar-refractivity contribution is 5.73. The van der Waals surface area contributed by atoms with Crippen molar-refractivity contribution in [3.05, 3.63) is 35.9 Å². The van der Waals surface area contributed by atoms with Crippen molar-refractivity contribution in [3.63, 3.8) is 0 Å². The maximum atomic E-state index is 12.3. The fourth-order valence-corrected chi connectivity index (χ4v) is 4.97. The van der Waals surface area contributed by atoms with E-state index in [1.807, 2.05) is 6.07 Å². The maximum absolute atomic E-state index is 12.3. The first-order chi connectivity index (χ1) is 21.3. The average Bonchev–Trinajstić information content (AvgIpc) is 2.96. The molecule has 0 spiro atoms. The SMILES string of the molecule is CC(=O)N[C@@H]1[C@@H](OCc2ccccc2)O[C@@H](CO)[C@@H](O)[C@@H]1O[C@@H]1O[C@@H](COC(C)=O)[C@H](OC(C)=O)[C@H](OC(C)=O)[C@@H]1OC(C)=O. The monoisotopic (exact) mass is 641 g/mol. The van der Waals surface area contributed by atoms with Gasteiger partial charge in [-0.3, -0.25) is 24.0 Å². The van der Waals surface area contributed by atoms with Crippen LogP contribution in [-0.2, 0) is 68.5 Å². The molecule has 10 atom stereocenters. The zero-order valence-corrected chi connectivity index (χ0v) is 25.5. The van der Waals surface area contributed by atoms with Crippen LogP contribution in [0.5, 0.6) is 0 Å². The third-order valence-corrected chi connectivity index (χ3v) is 6.72. The predicted octanol–water partition coefficient (Wildman–Crippen LogP) is -0.746. The summed E-state index contributed by atoms with van der Waals surface area (Å²) in [7, 11) is 0. The van der Waals surface area contributed by atoms with Crippen molar-refractivity contribution in [2.24, 2.45) is 0 Å². The molecule has 0 bridgehead atoms. The Bertz CT molecular complexity index is 1180. The number of hydrogen-bond donors (Lipinski definition) is 3. The number of esters is 4. The summed E-state index contributed by atoms with van der Waals surface area (Å²) in [4.78, 5) is 60.3. The molecule has 0 aliphatic carbocycles. The molecular weight excluding hydrogens is 602 g/mol. The molecule has 0 saturated carbocycles. The average molecular weight is 642 g/mol. The van der Waals surface area contributed by atoms with E-state index < -0.39 is 104 Å². The highest BCUT2D eigenvalue weighted by Crippen LogP contribution is 2.34. The van der Waals surface area contributed by atoms with Crippen molar-refractivity contribution in [2.75, 3.05) is 13.2 Å². The summed E-state index contributed by atoms with van der Waals surface area (Å²) in [5, 5.41) is 23.9. The molecule has 3 rings (SSSR count). The summed E-state index contributed by atoms with van der Waals surface area (Å²) in [6, 6.07) is 7.76. The quantitative estimate of drug-likeness (QED) is 0.189. The highest BCUT2D eigenvalue weighted by Gasteiger charge is 2.56. The van der Waals surface area contributed by atoms with Crippen LogP contribution < -0.4 is 5.32 Å². The lowest BCUT2D eigenvalue weighted by atomic mass is 9.95. The molecule has 2 saturated heterocycles. The zero-order valence-electron chi connectivity index (χ0n) is 25.5. The number of aliphatic hydroxyl groups excluding tert-OH is 2. The number of aliphatic hydroxyl groups is 2. The van der Waals surface area contributed by atoms with E-state index >= 15 is 0 Å². The summed E-state index contributed by atoms with van der Waals surface area (Å²) in [5.41, 5.74) is 0.756. The fraction of sp³-hybridized carbons (Fsp3) is 0.621. The molecule has 0 radical (unpaired) electrons. The van der Waals surface area contributed by atoms with Crippen LogP contribution in [0.25, 0.3) is 0 Å². The highest BCUT2D eigenvalue weighted by atomic mass is 16.7. The standard InChI is InChI=1S/C29H39NO15/c1-14(32)30-22-25(23(37)20(11-31)43-28(22)39-12-19-9-7-6-8-10-19)45-29-27(42-18(5)36)26(41-17(4)35)24(40-16(3)34)21(44-29)13-38-15(2)33/h6-10,20-29,31,37H,11-13H2,1-5H3,(H,30,32)/t20-,21-,22-,23+,24-,25+,26-,27-,28-,29-/m0/s1. The lowest BCUT2D eigenvalue weighted by molar-refractivity contribution is -0.347. The lowest BCUT2D eigenvalue weighted by Gasteiger charge is -2.48. The minimum absolute atomic E-state index is 0.0155. The van der Waals surface area contributed by atoms with Gasteiger partial charge in [-0.25, -0.2) is 0 Å². The van der Waals surface area contributed by atoms with Gasteiger partial charge in [-0.2, -0.15) is 0 Å². The Balaban J connectivity index is 2.03. The fourth-order valence-electron chi connectivity index (χ4n) is 4.97. The van der Waals surface area contributed by atoms with E-state index in [1.54, 1.807) is 24.3 Å². The minimum Gasteiger partial charge on any atom is -0.463 e. The molecule has 250 valence electrons. The van der Waals surface area contributed by atoms with Crippen LogP contribution in [0.1, 0.15) is 40.2 Å². The van der Waals surface area contributed by atoms with Crippen LogP contribution in [-0.4, -0.2) is 115 Å². The van der Waals surface area contributed by atoms with Crippen LogP contribution in [0.4, 0.5) is 0 Å². The summed E-state index contributed by atoms with van der Waals surface area (Å²) in [6.45, 7) is 4.38. The van der Waals surface area contributed by atoms with Crippen molar-refractivity contribution in [3.8, 4) is 0 Å². The Kier molecular flexibility index (Phi) is 13.2. The Morgan fingerprint density at radius 3 is 1.89 bits per heavy atom. The van der Waals surface area contributed by atoms with Crippen molar-refractivity contribution < 1.29 is 72.1 Å². The Morgan fingerprint density at radius 2 is 1.33 bits per heavy atom. The van der Waals surface area contributed by atoms with E-state index in [0.717, 1.165) is 33.3 Å². The van der Waals surface area contributed by atoms with Crippen molar-refractivity contribution >= 4 is 29.8 Å². The molecule has 1 amide bonds. The first-order valence-electron chi connectivity index (χ1n) is 14.1. The summed E-state index contributed by atoms with van der Waals surface area (Å²) in [5.74, 6) is -3.79. The Hall–Kier alpha value is -3.67. The van der Waals surface area contributed by atoms with Gasteiger partial charge < -0.3 is 53.4 Å². The number of carbonyl (C=O) groups excluding carboxylic acids is 5. The second-order valence-electron chi connectivity index (χ2n) is 10.4. The normalized spacial score (nSPS) is 31.3. The van der Waals surface area contributed by atoms with Gasteiger partial charge in [0.15, 0.2) is 30.9 Å². The van der Waals surface area contributed by atoms with Crippen LogP contribution in [0, 0.1) is 0 Å².